The molecule has 0 spiro atoms. The van der Waals surface area contributed by atoms with Crippen LogP contribution < -0.4 is 0 Å². The molecule has 1 heterocycles. The van der Waals surface area contributed by atoms with Gasteiger partial charge in [-0.3, -0.25) is 19.6 Å². The van der Waals surface area contributed by atoms with Crippen LogP contribution in [0.2, 0.25) is 5.02 Å². The van der Waals surface area contributed by atoms with Crippen LogP contribution >= 0.6 is 11.6 Å². The number of hydrogen-bond donors (Lipinski definition) is 0. The molecule has 4 rings (SSSR count). The summed E-state index contributed by atoms with van der Waals surface area (Å²) < 4.78 is 1.84. The molecule has 0 fully saturated rings. The Morgan fingerprint density at radius 2 is 1.68 bits per heavy atom. The first kappa shape index (κ1) is 23.2. The topological polar surface area (TPSA) is 81.3 Å². The van der Waals surface area contributed by atoms with Crippen LogP contribution in [0.5, 0.6) is 0 Å². The van der Waals surface area contributed by atoms with Crippen molar-refractivity contribution in [3.63, 3.8) is 0 Å². The Hall–Kier alpha value is -3.97. The van der Waals surface area contributed by atoms with Gasteiger partial charge < -0.3 is 4.90 Å². The van der Waals surface area contributed by atoms with Gasteiger partial charge >= 0.3 is 0 Å². The zero-order valence-electron chi connectivity index (χ0n) is 18.6. The van der Waals surface area contributed by atoms with Gasteiger partial charge in [-0.25, -0.2) is 0 Å². The largest absolute Gasteiger partial charge is 0.341 e. The third-order valence-electron chi connectivity index (χ3n) is 5.51. The molecule has 0 saturated heterocycles. The molecule has 0 N–H and O–H groups in total. The minimum absolute atomic E-state index is 0.00277. The Morgan fingerprint density at radius 1 is 1.00 bits per heavy atom. The van der Waals surface area contributed by atoms with Crippen molar-refractivity contribution in [3.8, 4) is 11.3 Å². The van der Waals surface area contributed by atoms with Crippen LogP contribution in [-0.2, 0) is 24.3 Å². The molecule has 0 atom stereocenters. The van der Waals surface area contributed by atoms with E-state index in [0.717, 1.165) is 27.9 Å². The lowest BCUT2D eigenvalue weighted by molar-refractivity contribution is -0.384. The molecular weight excluding hydrogens is 452 g/mol. The fourth-order valence-corrected chi connectivity index (χ4v) is 3.88. The zero-order valence-corrected chi connectivity index (χ0v) is 19.4. The monoisotopic (exact) mass is 474 g/mol. The molecule has 4 aromatic rings. The van der Waals surface area contributed by atoms with Crippen molar-refractivity contribution < 1.29 is 9.72 Å². The van der Waals surface area contributed by atoms with Gasteiger partial charge in [0.15, 0.2) is 0 Å². The SMILES string of the molecule is CN(Cc1cn(Cc2ccccc2Cl)nc1-c1ccccc1)C(=O)Cc1ccc([N+](=O)[O-])cc1. The second kappa shape index (κ2) is 10.3. The van der Waals surface area contributed by atoms with E-state index in [4.69, 9.17) is 16.7 Å². The lowest BCUT2D eigenvalue weighted by atomic mass is 10.1. The predicted octanol–water partition coefficient (Wildman–Crippen LogP) is 5.36. The molecule has 0 unspecified atom stereocenters. The van der Waals surface area contributed by atoms with Crippen molar-refractivity contribution in [3.05, 3.63) is 117 Å². The summed E-state index contributed by atoms with van der Waals surface area (Å²) in [4.78, 5) is 24.9. The molecule has 1 aromatic heterocycles. The summed E-state index contributed by atoms with van der Waals surface area (Å²) in [6.45, 7) is 0.887. The number of benzene rings is 3. The number of non-ortho nitro benzene ring substituents is 1. The van der Waals surface area contributed by atoms with Crippen LogP contribution in [0.25, 0.3) is 11.3 Å². The van der Waals surface area contributed by atoms with E-state index in [1.54, 1.807) is 24.1 Å². The van der Waals surface area contributed by atoms with Gasteiger partial charge in [-0.15, -0.1) is 0 Å². The molecule has 0 aliphatic carbocycles. The van der Waals surface area contributed by atoms with Gasteiger partial charge in [-0.1, -0.05) is 72.3 Å². The van der Waals surface area contributed by atoms with Crippen LogP contribution in [0.4, 0.5) is 5.69 Å². The Bertz CT molecular complexity index is 1300. The number of nitro benzene ring substituents is 1. The van der Waals surface area contributed by atoms with Crippen LogP contribution in [0.15, 0.2) is 85.1 Å². The van der Waals surface area contributed by atoms with E-state index in [2.05, 4.69) is 0 Å². The molecule has 0 aliphatic heterocycles. The minimum Gasteiger partial charge on any atom is -0.341 e. The second-order valence-electron chi connectivity index (χ2n) is 8.01. The first-order valence-electron chi connectivity index (χ1n) is 10.7. The maximum absolute atomic E-state index is 12.9. The van der Waals surface area contributed by atoms with Crippen molar-refractivity contribution in [2.45, 2.75) is 19.5 Å². The number of halogens is 1. The average Bonchev–Trinajstić information content (AvgIpc) is 3.23. The van der Waals surface area contributed by atoms with E-state index >= 15 is 0 Å². The average molecular weight is 475 g/mol. The third-order valence-corrected chi connectivity index (χ3v) is 5.88. The first-order chi connectivity index (χ1) is 16.4. The molecule has 0 radical (unpaired) electrons. The van der Waals surface area contributed by atoms with Crippen molar-refractivity contribution in [2.75, 3.05) is 7.05 Å². The van der Waals surface area contributed by atoms with E-state index in [-0.39, 0.29) is 18.0 Å². The van der Waals surface area contributed by atoms with E-state index in [9.17, 15) is 14.9 Å². The fraction of sp³-hybridized carbons (Fsp3) is 0.154. The number of carbonyl (C=O) groups excluding carboxylic acids is 1. The van der Waals surface area contributed by atoms with Gasteiger partial charge in [0, 0.05) is 48.1 Å². The Kier molecular flexibility index (Phi) is 7.04. The summed E-state index contributed by atoms with van der Waals surface area (Å²) in [5.74, 6) is -0.0910. The summed E-state index contributed by atoms with van der Waals surface area (Å²) in [7, 11) is 1.74. The number of aromatic nitrogens is 2. The molecule has 0 bridgehead atoms. The highest BCUT2D eigenvalue weighted by Gasteiger charge is 2.17. The van der Waals surface area contributed by atoms with Crippen LogP contribution in [0.3, 0.4) is 0 Å². The quantitative estimate of drug-likeness (QED) is 0.254. The van der Waals surface area contributed by atoms with E-state index in [0.29, 0.717) is 18.1 Å². The smallest absolute Gasteiger partial charge is 0.269 e. The van der Waals surface area contributed by atoms with Crippen molar-refractivity contribution in [1.29, 1.82) is 0 Å². The number of nitro groups is 1. The van der Waals surface area contributed by atoms with E-state index < -0.39 is 4.92 Å². The molecule has 0 saturated carbocycles. The predicted molar refractivity (Wildman–Crippen MR) is 131 cm³/mol. The van der Waals surface area contributed by atoms with Gasteiger partial charge in [0.05, 0.1) is 23.6 Å². The standard InChI is InChI=1S/C26H23ClN4O3/c1-29(25(32)15-19-11-13-23(14-12-19)31(33)34)16-22-18-30(17-21-9-5-6-10-24(21)27)28-26(22)20-7-3-2-4-8-20/h2-14,18H,15-17H2,1H3. The molecule has 172 valence electrons. The highest BCUT2D eigenvalue weighted by atomic mass is 35.5. The summed E-state index contributed by atoms with van der Waals surface area (Å²) >= 11 is 6.34. The lowest BCUT2D eigenvalue weighted by Gasteiger charge is -2.17. The van der Waals surface area contributed by atoms with Gasteiger partial charge in [0.1, 0.15) is 0 Å². The van der Waals surface area contributed by atoms with Crippen molar-refractivity contribution >= 4 is 23.2 Å². The van der Waals surface area contributed by atoms with Crippen molar-refractivity contribution in [2.24, 2.45) is 0 Å². The normalized spacial score (nSPS) is 10.8. The molecule has 34 heavy (non-hydrogen) atoms. The number of nitrogens with zero attached hydrogens (tertiary/aromatic N) is 4. The van der Waals surface area contributed by atoms with Crippen LogP contribution in [0.1, 0.15) is 16.7 Å². The lowest BCUT2D eigenvalue weighted by Crippen LogP contribution is -2.27. The van der Waals surface area contributed by atoms with Gasteiger partial charge in [-0.2, -0.15) is 5.10 Å². The molecule has 8 heteroatoms. The van der Waals surface area contributed by atoms with E-state index in [1.807, 2.05) is 65.5 Å². The highest BCUT2D eigenvalue weighted by Crippen LogP contribution is 2.25. The summed E-state index contributed by atoms with van der Waals surface area (Å²) in [5.41, 5.74) is 4.37. The molecule has 1 amide bonds. The fourth-order valence-electron chi connectivity index (χ4n) is 3.69. The van der Waals surface area contributed by atoms with Crippen molar-refractivity contribution in [1.82, 2.24) is 14.7 Å². The third kappa shape index (κ3) is 5.50. The van der Waals surface area contributed by atoms with Gasteiger partial charge in [0.2, 0.25) is 5.91 Å². The second-order valence-corrected chi connectivity index (χ2v) is 8.42. The number of rotatable bonds is 8. The Labute approximate surface area is 202 Å². The molecule has 3 aromatic carbocycles. The van der Waals surface area contributed by atoms with Crippen LogP contribution in [0, 0.1) is 10.1 Å². The maximum Gasteiger partial charge on any atom is 0.269 e. The van der Waals surface area contributed by atoms with Crippen LogP contribution in [-0.4, -0.2) is 32.6 Å². The first-order valence-corrected chi connectivity index (χ1v) is 11.1. The molecule has 7 nitrogen and oxygen atoms in total. The Balaban J connectivity index is 1.54. The van der Waals surface area contributed by atoms with Gasteiger partial charge in [-0.05, 0) is 17.2 Å². The summed E-state index contributed by atoms with van der Waals surface area (Å²) in [6, 6.07) is 23.5. The van der Waals surface area contributed by atoms with Gasteiger partial charge in [0.25, 0.3) is 5.69 Å². The summed E-state index contributed by atoms with van der Waals surface area (Å²) in [5, 5.41) is 16.3. The number of hydrogen-bond acceptors (Lipinski definition) is 4. The maximum atomic E-state index is 12.9. The number of amides is 1. The Morgan fingerprint density at radius 3 is 2.35 bits per heavy atom. The highest BCUT2D eigenvalue weighted by molar-refractivity contribution is 6.31. The van der Waals surface area contributed by atoms with E-state index in [1.165, 1.54) is 12.1 Å². The zero-order chi connectivity index (χ0) is 24.1. The minimum atomic E-state index is -0.455. The number of likely N-dealkylation sites (N-methyl/N-ethyl adjacent to an activating group) is 1. The molecular formula is C26H23ClN4O3. The number of carbonyl (C=O) groups is 1. The summed E-state index contributed by atoms with van der Waals surface area (Å²) in [6.07, 6.45) is 2.10. The molecule has 0 aliphatic rings.